The Kier molecular flexibility index (Phi) is 14.0. The van der Waals surface area contributed by atoms with Crippen LogP contribution in [0.5, 0.6) is 0 Å². The van der Waals surface area contributed by atoms with Crippen LogP contribution in [0.2, 0.25) is 0 Å². The Morgan fingerprint density at radius 2 is 1.43 bits per heavy atom. The van der Waals surface area contributed by atoms with E-state index in [1.54, 1.807) is 0 Å². The zero-order chi connectivity index (χ0) is 15.9. The number of rotatable bonds is 15. The highest BCUT2D eigenvalue weighted by atomic mass is 16.4. The highest BCUT2D eigenvalue weighted by molar-refractivity contribution is 5.66. The molecule has 0 bridgehead atoms. The summed E-state index contributed by atoms with van der Waals surface area (Å²) < 4.78 is 0. The maximum absolute atomic E-state index is 10.5. The molecule has 0 aromatic heterocycles. The van der Waals surface area contributed by atoms with Crippen LogP contribution in [-0.4, -0.2) is 35.6 Å². The molecule has 0 radical (unpaired) electrons. The zero-order valence-corrected chi connectivity index (χ0v) is 14.6. The van der Waals surface area contributed by atoms with Crippen molar-refractivity contribution >= 4 is 5.97 Å². The number of carboxylic acids is 1. The van der Waals surface area contributed by atoms with Crippen LogP contribution in [-0.2, 0) is 4.79 Å². The average Bonchev–Trinajstić information content (AvgIpc) is 2.46. The first-order valence-electron chi connectivity index (χ1n) is 9.00. The standard InChI is InChI=1S/C18H37NO2/c1-4-5-6-7-8-9-10-11-12-13-14-17(2)19(3)16-15-18(20)21/h17H,4-16H2,1-3H3,(H,20,21). The van der Waals surface area contributed by atoms with E-state index in [-0.39, 0.29) is 6.42 Å². The number of carbonyl (C=O) groups is 1. The lowest BCUT2D eigenvalue weighted by Crippen LogP contribution is -2.31. The number of aliphatic carboxylic acids is 1. The predicted molar refractivity (Wildman–Crippen MR) is 90.8 cm³/mol. The quantitative estimate of drug-likeness (QED) is 0.428. The van der Waals surface area contributed by atoms with Crippen molar-refractivity contribution in [3.05, 3.63) is 0 Å². The summed E-state index contributed by atoms with van der Waals surface area (Å²) in [5, 5.41) is 8.68. The van der Waals surface area contributed by atoms with Crippen LogP contribution in [0.25, 0.3) is 0 Å². The van der Waals surface area contributed by atoms with Gasteiger partial charge in [0, 0.05) is 12.6 Å². The van der Waals surface area contributed by atoms with Crippen LogP contribution in [0.3, 0.4) is 0 Å². The molecule has 1 unspecified atom stereocenters. The Hall–Kier alpha value is -0.570. The van der Waals surface area contributed by atoms with Gasteiger partial charge in [0.2, 0.25) is 0 Å². The lowest BCUT2D eigenvalue weighted by molar-refractivity contribution is -0.137. The summed E-state index contributed by atoms with van der Waals surface area (Å²) in [5.41, 5.74) is 0. The normalized spacial score (nSPS) is 12.8. The van der Waals surface area contributed by atoms with E-state index in [0.717, 1.165) is 0 Å². The second-order valence-electron chi connectivity index (χ2n) is 6.44. The monoisotopic (exact) mass is 299 g/mol. The molecule has 0 saturated heterocycles. The summed E-state index contributed by atoms with van der Waals surface area (Å²) in [4.78, 5) is 12.7. The second kappa shape index (κ2) is 14.4. The summed E-state index contributed by atoms with van der Waals surface area (Å²) in [6.07, 6.45) is 15.1. The van der Waals surface area contributed by atoms with Crippen molar-refractivity contribution in [2.24, 2.45) is 0 Å². The van der Waals surface area contributed by atoms with Gasteiger partial charge in [-0.2, -0.15) is 0 Å². The molecule has 0 aliphatic carbocycles. The van der Waals surface area contributed by atoms with Crippen LogP contribution in [0.4, 0.5) is 0 Å². The third-order valence-corrected chi connectivity index (χ3v) is 4.41. The van der Waals surface area contributed by atoms with Gasteiger partial charge in [-0.1, -0.05) is 71.1 Å². The fourth-order valence-corrected chi connectivity index (χ4v) is 2.64. The van der Waals surface area contributed by atoms with Crippen molar-refractivity contribution in [3.8, 4) is 0 Å². The van der Waals surface area contributed by atoms with Crippen molar-refractivity contribution in [1.82, 2.24) is 4.90 Å². The number of hydrogen-bond acceptors (Lipinski definition) is 2. The molecule has 0 aromatic rings. The first-order chi connectivity index (χ1) is 10.1. The van der Waals surface area contributed by atoms with Crippen LogP contribution < -0.4 is 0 Å². The van der Waals surface area contributed by atoms with Gasteiger partial charge in [-0.3, -0.25) is 4.79 Å². The zero-order valence-electron chi connectivity index (χ0n) is 14.6. The van der Waals surface area contributed by atoms with Gasteiger partial charge < -0.3 is 10.0 Å². The highest BCUT2D eigenvalue weighted by Gasteiger charge is 2.09. The molecule has 3 nitrogen and oxygen atoms in total. The summed E-state index contributed by atoms with van der Waals surface area (Å²) in [5.74, 6) is -0.701. The molecule has 0 spiro atoms. The van der Waals surface area contributed by atoms with Gasteiger partial charge >= 0.3 is 5.97 Å². The summed E-state index contributed by atoms with van der Waals surface area (Å²) in [6.45, 7) is 5.13. The molecule has 0 saturated carbocycles. The molecule has 0 rings (SSSR count). The molecular formula is C18H37NO2. The van der Waals surface area contributed by atoms with Gasteiger partial charge in [0.1, 0.15) is 0 Å². The first-order valence-corrected chi connectivity index (χ1v) is 9.00. The Bertz CT molecular complexity index is 243. The van der Waals surface area contributed by atoms with Crippen LogP contribution in [0.15, 0.2) is 0 Å². The van der Waals surface area contributed by atoms with E-state index in [9.17, 15) is 4.79 Å². The Balaban J connectivity index is 3.31. The van der Waals surface area contributed by atoms with Gasteiger partial charge in [0.15, 0.2) is 0 Å². The molecule has 1 atom stereocenters. The van der Waals surface area contributed by atoms with E-state index in [0.29, 0.717) is 12.6 Å². The summed E-state index contributed by atoms with van der Waals surface area (Å²) in [7, 11) is 2.03. The van der Waals surface area contributed by atoms with E-state index in [4.69, 9.17) is 5.11 Å². The van der Waals surface area contributed by atoms with Crippen molar-refractivity contribution in [1.29, 1.82) is 0 Å². The van der Waals surface area contributed by atoms with Crippen LogP contribution in [0.1, 0.15) is 90.9 Å². The largest absolute Gasteiger partial charge is 0.481 e. The third kappa shape index (κ3) is 14.1. The van der Waals surface area contributed by atoms with E-state index in [1.807, 2.05) is 7.05 Å². The molecule has 0 heterocycles. The fraction of sp³-hybridized carbons (Fsp3) is 0.944. The topological polar surface area (TPSA) is 40.5 Å². The van der Waals surface area contributed by atoms with Gasteiger partial charge in [0.25, 0.3) is 0 Å². The molecule has 0 aliphatic heterocycles. The lowest BCUT2D eigenvalue weighted by Gasteiger charge is -2.23. The smallest absolute Gasteiger partial charge is 0.304 e. The molecular weight excluding hydrogens is 262 g/mol. The fourth-order valence-electron chi connectivity index (χ4n) is 2.64. The molecule has 126 valence electrons. The minimum absolute atomic E-state index is 0.249. The highest BCUT2D eigenvalue weighted by Crippen LogP contribution is 2.13. The van der Waals surface area contributed by atoms with Gasteiger partial charge in [-0.25, -0.2) is 0 Å². The predicted octanol–water partition coefficient (Wildman–Crippen LogP) is 5.09. The maximum Gasteiger partial charge on any atom is 0.304 e. The second-order valence-corrected chi connectivity index (χ2v) is 6.44. The molecule has 0 aliphatic rings. The number of nitrogens with zero attached hydrogens (tertiary/aromatic N) is 1. The number of carboxylic acid groups (broad SMARTS) is 1. The van der Waals surface area contributed by atoms with Crippen molar-refractivity contribution < 1.29 is 9.90 Å². The van der Waals surface area contributed by atoms with Gasteiger partial charge in [-0.15, -0.1) is 0 Å². The first kappa shape index (κ1) is 20.4. The van der Waals surface area contributed by atoms with E-state index in [1.165, 1.54) is 70.6 Å². The van der Waals surface area contributed by atoms with Crippen molar-refractivity contribution in [2.45, 2.75) is 96.9 Å². The Morgan fingerprint density at radius 1 is 0.952 bits per heavy atom. The maximum atomic E-state index is 10.5. The van der Waals surface area contributed by atoms with E-state index < -0.39 is 5.97 Å². The minimum atomic E-state index is -0.701. The SMILES string of the molecule is CCCCCCCCCCCCC(C)N(C)CCC(=O)O. The van der Waals surface area contributed by atoms with Gasteiger partial charge in [-0.05, 0) is 20.4 Å². The number of unbranched alkanes of at least 4 members (excludes halogenated alkanes) is 9. The Labute approximate surface area is 132 Å². The van der Waals surface area contributed by atoms with Crippen molar-refractivity contribution in [2.75, 3.05) is 13.6 Å². The summed E-state index contributed by atoms with van der Waals surface area (Å²) in [6, 6.07) is 0.499. The minimum Gasteiger partial charge on any atom is -0.481 e. The molecule has 3 heteroatoms. The number of hydrogen-bond donors (Lipinski definition) is 1. The molecule has 0 amide bonds. The van der Waals surface area contributed by atoms with E-state index >= 15 is 0 Å². The van der Waals surface area contributed by atoms with E-state index in [2.05, 4.69) is 18.7 Å². The summed E-state index contributed by atoms with van der Waals surface area (Å²) >= 11 is 0. The average molecular weight is 299 g/mol. The van der Waals surface area contributed by atoms with Gasteiger partial charge in [0.05, 0.1) is 6.42 Å². The lowest BCUT2D eigenvalue weighted by atomic mass is 10.0. The molecule has 1 N–H and O–H groups in total. The molecule has 0 aromatic carbocycles. The molecule has 0 fully saturated rings. The van der Waals surface area contributed by atoms with Crippen LogP contribution in [0, 0.1) is 0 Å². The molecule has 21 heavy (non-hydrogen) atoms. The van der Waals surface area contributed by atoms with Crippen molar-refractivity contribution in [3.63, 3.8) is 0 Å². The third-order valence-electron chi connectivity index (χ3n) is 4.41. The Morgan fingerprint density at radius 3 is 1.90 bits per heavy atom. The van der Waals surface area contributed by atoms with Crippen LogP contribution >= 0.6 is 0 Å².